The van der Waals surface area contributed by atoms with Crippen LogP contribution >= 0.6 is 0 Å². The smallest absolute Gasteiger partial charge is 0.264 e. The van der Waals surface area contributed by atoms with E-state index in [0.717, 1.165) is 68.7 Å². The van der Waals surface area contributed by atoms with Crippen molar-refractivity contribution in [3.8, 4) is 17.1 Å². The van der Waals surface area contributed by atoms with Crippen LogP contribution in [0.3, 0.4) is 0 Å². The first kappa shape index (κ1) is 33.0. The third kappa shape index (κ3) is 6.56. The molecule has 2 aromatic carbocycles. The number of aryl methyl sites for hydroxylation is 2. The predicted octanol–water partition coefficient (Wildman–Crippen LogP) is 5.84. The van der Waals surface area contributed by atoms with Crippen LogP contribution in [0.5, 0.6) is 5.88 Å². The van der Waals surface area contributed by atoms with Crippen LogP contribution in [-0.4, -0.2) is 85.1 Å². The van der Waals surface area contributed by atoms with Gasteiger partial charge in [0.15, 0.2) is 0 Å². The SMILES string of the molecule is Cc1cccc(C)c1-c1cc2nc(n1)NS(=O)(=O)c1cccc(c1)C(=O)N(C1CC3(CC(N4CCOCC4)C3)C1)[C@H](CC(C)(C)C)CO2. The first-order chi connectivity index (χ1) is 22.8. The van der Waals surface area contributed by atoms with Gasteiger partial charge in [0.1, 0.15) is 6.61 Å². The van der Waals surface area contributed by atoms with E-state index in [2.05, 4.69) is 40.4 Å². The van der Waals surface area contributed by atoms with Gasteiger partial charge in [-0.2, -0.15) is 4.98 Å². The fourth-order valence-corrected chi connectivity index (χ4v) is 9.37. The highest BCUT2D eigenvalue weighted by molar-refractivity contribution is 7.92. The van der Waals surface area contributed by atoms with Crippen LogP contribution in [-0.2, 0) is 14.8 Å². The van der Waals surface area contributed by atoms with E-state index in [-0.39, 0.29) is 52.2 Å². The first-order valence-corrected chi connectivity index (χ1v) is 18.6. The number of amides is 1. The average molecular weight is 674 g/mol. The number of hydrogen-bond acceptors (Lipinski definition) is 8. The molecule has 0 radical (unpaired) electrons. The predicted molar refractivity (Wildman–Crippen MR) is 185 cm³/mol. The fourth-order valence-electron chi connectivity index (χ4n) is 8.38. The van der Waals surface area contributed by atoms with E-state index < -0.39 is 10.0 Å². The molecule has 48 heavy (non-hydrogen) atoms. The number of fused-ring (bicyclic) bond motifs is 4. The monoisotopic (exact) mass is 673 g/mol. The summed E-state index contributed by atoms with van der Waals surface area (Å²) in [5, 5.41) is 0. The Morgan fingerprint density at radius 3 is 2.29 bits per heavy atom. The summed E-state index contributed by atoms with van der Waals surface area (Å²) in [6, 6.07) is 14.4. The second-order valence-electron chi connectivity index (χ2n) is 15.5. The highest BCUT2D eigenvalue weighted by atomic mass is 32.2. The molecule has 3 heterocycles. The molecule has 1 spiro atoms. The maximum Gasteiger partial charge on any atom is 0.264 e. The van der Waals surface area contributed by atoms with Gasteiger partial charge in [0.2, 0.25) is 11.8 Å². The number of rotatable bonds is 4. The molecule has 1 aromatic heterocycles. The van der Waals surface area contributed by atoms with E-state index in [0.29, 0.717) is 23.7 Å². The molecular formula is C37H47N5O5S. The molecule has 2 saturated carbocycles. The summed E-state index contributed by atoms with van der Waals surface area (Å²) in [7, 11) is -4.12. The minimum absolute atomic E-state index is 0.0131. The van der Waals surface area contributed by atoms with Crippen molar-refractivity contribution in [2.24, 2.45) is 10.8 Å². The Kier molecular flexibility index (Phi) is 8.53. The Morgan fingerprint density at radius 2 is 1.60 bits per heavy atom. The molecule has 3 aromatic rings. The zero-order valence-electron chi connectivity index (χ0n) is 28.7. The van der Waals surface area contributed by atoms with E-state index in [9.17, 15) is 13.2 Å². The lowest BCUT2D eigenvalue weighted by Gasteiger charge is -2.62. The van der Waals surface area contributed by atoms with Crippen molar-refractivity contribution >= 4 is 21.9 Å². The largest absolute Gasteiger partial charge is 0.475 e. The van der Waals surface area contributed by atoms with E-state index in [1.54, 1.807) is 18.2 Å². The number of sulfonamides is 1. The molecule has 2 aliphatic heterocycles. The minimum Gasteiger partial charge on any atom is -0.475 e. The summed E-state index contributed by atoms with van der Waals surface area (Å²) >= 11 is 0. The highest BCUT2D eigenvalue weighted by Gasteiger charge is 2.57. The summed E-state index contributed by atoms with van der Waals surface area (Å²) in [5.41, 5.74) is 3.97. The fraction of sp³-hybridized carbons (Fsp3) is 0.541. The number of anilines is 1. The van der Waals surface area contributed by atoms with E-state index in [4.69, 9.17) is 9.47 Å². The van der Waals surface area contributed by atoms with Gasteiger partial charge >= 0.3 is 0 Å². The maximum atomic E-state index is 14.6. The minimum atomic E-state index is -4.12. The van der Waals surface area contributed by atoms with Crippen LogP contribution in [0.1, 0.15) is 74.4 Å². The van der Waals surface area contributed by atoms with Gasteiger partial charge in [-0.15, -0.1) is 0 Å². The summed E-state index contributed by atoms with van der Waals surface area (Å²) in [5.74, 6) is 0.0169. The van der Waals surface area contributed by atoms with Crippen LogP contribution in [0.2, 0.25) is 0 Å². The molecule has 4 bridgehead atoms. The summed E-state index contributed by atoms with van der Waals surface area (Å²) in [6.07, 6.45) is 4.88. The molecular weight excluding hydrogens is 627 g/mol. The molecule has 0 unspecified atom stereocenters. The van der Waals surface area contributed by atoms with E-state index in [1.165, 1.54) is 12.1 Å². The molecule has 2 aliphatic carbocycles. The van der Waals surface area contributed by atoms with Gasteiger partial charge in [0, 0.05) is 42.4 Å². The molecule has 1 N–H and O–H groups in total. The molecule has 11 heteroatoms. The van der Waals surface area contributed by atoms with Crippen molar-refractivity contribution in [2.45, 2.75) is 89.7 Å². The topological polar surface area (TPSA) is 114 Å². The molecule has 7 rings (SSSR count). The number of carbonyl (C=O) groups is 1. The first-order valence-electron chi connectivity index (χ1n) is 17.2. The van der Waals surface area contributed by atoms with Crippen molar-refractivity contribution in [3.63, 3.8) is 0 Å². The van der Waals surface area contributed by atoms with Crippen LogP contribution in [0.25, 0.3) is 11.3 Å². The van der Waals surface area contributed by atoms with Gasteiger partial charge in [-0.25, -0.2) is 18.1 Å². The third-order valence-corrected chi connectivity index (χ3v) is 11.9. The summed E-state index contributed by atoms with van der Waals surface area (Å²) in [6.45, 7) is 14.3. The summed E-state index contributed by atoms with van der Waals surface area (Å²) < 4.78 is 42.1. The third-order valence-electron chi connectivity index (χ3n) is 10.6. The van der Waals surface area contributed by atoms with Gasteiger partial charge in [0.25, 0.3) is 15.9 Å². The van der Waals surface area contributed by atoms with Gasteiger partial charge in [0.05, 0.1) is 29.8 Å². The Balaban J connectivity index is 1.25. The second-order valence-corrected chi connectivity index (χ2v) is 17.2. The van der Waals surface area contributed by atoms with Gasteiger partial charge < -0.3 is 14.4 Å². The summed E-state index contributed by atoms with van der Waals surface area (Å²) in [4.78, 5) is 28.3. The molecule has 1 saturated heterocycles. The van der Waals surface area contributed by atoms with Crippen molar-refractivity contribution in [3.05, 3.63) is 65.2 Å². The number of ether oxygens (including phenoxy) is 2. The number of morpholine rings is 1. The van der Waals surface area contributed by atoms with Crippen LogP contribution in [0.15, 0.2) is 53.4 Å². The van der Waals surface area contributed by atoms with Gasteiger partial charge in [-0.3, -0.25) is 9.69 Å². The molecule has 1 atom stereocenters. The normalized spacial score (nSPS) is 27.4. The molecule has 10 nitrogen and oxygen atoms in total. The van der Waals surface area contributed by atoms with Crippen molar-refractivity contribution < 1.29 is 22.7 Å². The molecule has 3 fully saturated rings. The van der Waals surface area contributed by atoms with Crippen molar-refractivity contribution in [1.29, 1.82) is 0 Å². The van der Waals surface area contributed by atoms with Gasteiger partial charge in [-0.05, 0) is 86.1 Å². The Morgan fingerprint density at radius 1 is 0.938 bits per heavy atom. The molecule has 1 amide bonds. The number of carbonyl (C=O) groups excluding carboxylic acids is 1. The van der Waals surface area contributed by atoms with Crippen molar-refractivity contribution in [2.75, 3.05) is 37.6 Å². The Bertz CT molecular complexity index is 1780. The molecule has 256 valence electrons. The second kappa shape index (κ2) is 12.4. The number of aromatic nitrogens is 2. The van der Waals surface area contributed by atoms with Gasteiger partial charge in [-0.1, -0.05) is 45.0 Å². The lowest BCUT2D eigenvalue weighted by atomic mass is 9.51. The standard InChI is InChI=1S/C37H47N5O5S/c1-24-8-6-9-25(2)33(24)31-17-32-39-35(38-31)40-48(44,45)30-11-7-10-26(16-30)34(43)42(29(23-47-32)18-36(3,4)5)28-21-37(22-28)19-27(20-37)41-12-14-46-15-13-41/h6-11,16-17,27-29H,12-15,18-23H2,1-5H3,(H,38,39,40)/t27?,28?,29-,37?/m1/s1. The number of nitrogens with zero attached hydrogens (tertiary/aromatic N) is 4. The zero-order valence-corrected chi connectivity index (χ0v) is 29.5. The van der Waals surface area contributed by atoms with Crippen LogP contribution in [0.4, 0.5) is 5.95 Å². The quantitative estimate of drug-likeness (QED) is 0.368. The Labute approximate surface area is 284 Å². The lowest BCUT2D eigenvalue weighted by molar-refractivity contribution is -0.119. The Hall–Kier alpha value is -3.54. The number of hydrogen-bond donors (Lipinski definition) is 1. The number of benzene rings is 2. The number of nitrogens with one attached hydrogen (secondary N) is 1. The van der Waals surface area contributed by atoms with Crippen LogP contribution in [0, 0.1) is 24.7 Å². The zero-order chi connectivity index (χ0) is 33.8. The average Bonchev–Trinajstić information content (AvgIpc) is 2.99. The highest BCUT2D eigenvalue weighted by Crippen LogP contribution is 2.59. The van der Waals surface area contributed by atoms with E-state index in [1.807, 2.05) is 36.9 Å². The lowest BCUT2D eigenvalue weighted by Crippen LogP contribution is -2.64. The van der Waals surface area contributed by atoms with Crippen LogP contribution < -0.4 is 9.46 Å². The van der Waals surface area contributed by atoms with Crippen molar-refractivity contribution in [1.82, 2.24) is 19.8 Å². The maximum absolute atomic E-state index is 14.6. The van der Waals surface area contributed by atoms with E-state index >= 15 is 0 Å². The molecule has 4 aliphatic rings.